The predicted octanol–water partition coefficient (Wildman–Crippen LogP) is 1.65. The Morgan fingerprint density at radius 3 is 2.18 bits per heavy atom. The van der Waals surface area contributed by atoms with Crippen LogP contribution in [0.1, 0.15) is 20.8 Å². The van der Waals surface area contributed by atoms with Crippen LogP contribution in [0.5, 0.6) is 0 Å². The lowest BCUT2D eigenvalue weighted by molar-refractivity contribution is -0.121. The Bertz CT molecular complexity index is 174. The lowest BCUT2D eigenvalue weighted by Gasteiger charge is -2.12. The van der Waals surface area contributed by atoms with Gasteiger partial charge >= 0.3 is 0 Å². The molecule has 3 nitrogen and oxygen atoms in total. The molecule has 0 aliphatic carbocycles. The van der Waals surface area contributed by atoms with Crippen LogP contribution < -0.4 is 0 Å². The van der Waals surface area contributed by atoms with Crippen LogP contribution in [0.3, 0.4) is 0 Å². The molecule has 0 spiro atoms. The minimum atomic E-state index is -0.466. The lowest BCUT2D eigenvalue weighted by atomic mass is 9.91. The van der Waals surface area contributed by atoms with Crippen LogP contribution >= 0.6 is 0 Å². The molecule has 11 heavy (non-hydrogen) atoms. The number of rotatable bonds is 2. The summed E-state index contributed by atoms with van der Waals surface area (Å²) in [4.78, 5) is 11.1. The zero-order valence-corrected chi connectivity index (χ0v) is 7.34. The van der Waals surface area contributed by atoms with Gasteiger partial charge in [-0.1, -0.05) is 20.8 Å². The lowest BCUT2D eigenvalue weighted by Crippen LogP contribution is -2.18. The Balaban J connectivity index is 4.30. The van der Waals surface area contributed by atoms with Crippen molar-refractivity contribution >= 4 is 5.78 Å². The molecule has 0 aliphatic heterocycles. The highest BCUT2D eigenvalue weighted by atomic mass is 16.6. The average molecular weight is 158 g/mol. The Hall–Kier alpha value is -0.990. The first-order valence-corrected chi connectivity index (χ1v) is 3.37. The largest absolute Gasteiger partial charge is 0.481 e. The van der Waals surface area contributed by atoms with Crippen molar-refractivity contribution in [2.75, 3.05) is 7.11 Å². The van der Waals surface area contributed by atoms with E-state index in [0.29, 0.717) is 0 Å². The molecule has 0 amide bonds. The summed E-state index contributed by atoms with van der Waals surface area (Å²) in [5.41, 5.74) is -0.466. The number of aliphatic hydroxyl groups is 1. The maximum Gasteiger partial charge on any atom is 0.279 e. The number of hydrogen-bond acceptors (Lipinski definition) is 3. The molecule has 0 radical (unpaired) electrons. The summed E-state index contributed by atoms with van der Waals surface area (Å²) < 4.78 is 4.41. The quantitative estimate of drug-likeness (QED) is 0.491. The SMILES string of the molecule is CO/C(O)=C/C(=O)C(C)(C)C. The third-order valence-corrected chi connectivity index (χ3v) is 1.20. The first-order valence-electron chi connectivity index (χ1n) is 3.37. The molecular formula is C8H14O3. The molecule has 0 heterocycles. The molecule has 1 N–H and O–H groups in total. The maximum absolute atomic E-state index is 11.1. The average Bonchev–Trinajstić information content (AvgIpc) is 1.85. The molecule has 64 valence electrons. The molecule has 0 fully saturated rings. The van der Waals surface area contributed by atoms with E-state index < -0.39 is 5.41 Å². The van der Waals surface area contributed by atoms with Gasteiger partial charge < -0.3 is 9.84 Å². The van der Waals surface area contributed by atoms with Crippen LogP contribution in [-0.4, -0.2) is 18.0 Å². The van der Waals surface area contributed by atoms with Crippen LogP contribution in [0.15, 0.2) is 12.0 Å². The summed E-state index contributed by atoms with van der Waals surface area (Å²) in [6, 6.07) is 0. The number of carbonyl (C=O) groups is 1. The summed E-state index contributed by atoms with van der Waals surface area (Å²) >= 11 is 0. The first kappa shape index (κ1) is 10.0. The molecule has 0 aromatic rings. The highest BCUT2D eigenvalue weighted by molar-refractivity contribution is 5.93. The van der Waals surface area contributed by atoms with Gasteiger partial charge in [0.25, 0.3) is 5.95 Å². The monoisotopic (exact) mass is 158 g/mol. The zero-order chi connectivity index (χ0) is 9.07. The van der Waals surface area contributed by atoms with Gasteiger partial charge in [-0.05, 0) is 0 Å². The van der Waals surface area contributed by atoms with Crippen LogP contribution in [-0.2, 0) is 9.53 Å². The second-order valence-electron chi connectivity index (χ2n) is 3.30. The standard InChI is InChI=1S/C8H14O3/c1-8(2,3)6(9)5-7(10)11-4/h5,10H,1-4H3/b7-5+. The third kappa shape index (κ3) is 3.65. The van der Waals surface area contributed by atoms with Gasteiger partial charge in [0, 0.05) is 5.41 Å². The fourth-order valence-electron chi connectivity index (χ4n) is 0.388. The molecule has 0 atom stereocenters. The first-order chi connectivity index (χ1) is 4.88. The molecule has 0 aromatic heterocycles. The summed E-state index contributed by atoms with van der Waals surface area (Å²) in [5, 5.41) is 8.81. The molecule has 0 saturated heterocycles. The Morgan fingerprint density at radius 2 is 1.91 bits per heavy atom. The van der Waals surface area contributed by atoms with Crippen molar-refractivity contribution in [2.24, 2.45) is 5.41 Å². The fraction of sp³-hybridized carbons (Fsp3) is 0.625. The third-order valence-electron chi connectivity index (χ3n) is 1.20. The second kappa shape index (κ2) is 3.42. The predicted molar refractivity (Wildman–Crippen MR) is 42.2 cm³/mol. The normalized spacial score (nSPS) is 12.9. The maximum atomic E-state index is 11.1. The molecule has 0 rings (SSSR count). The number of carbonyl (C=O) groups excluding carboxylic acids is 1. The smallest absolute Gasteiger partial charge is 0.279 e. The number of hydrogen-bond donors (Lipinski definition) is 1. The summed E-state index contributed by atoms with van der Waals surface area (Å²) in [6.45, 7) is 5.32. The van der Waals surface area contributed by atoms with Gasteiger partial charge in [0.1, 0.15) is 0 Å². The molecule has 0 unspecified atom stereocenters. The van der Waals surface area contributed by atoms with Crippen molar-refractivity contribution in [1.29, 1.82) is 0 Å². The highest BCUT2D eigenvalue weighted by Crippen LogP contribution is 2.15. The van der Waals surface area contributed by atoms with Crippen LogP contribution in [0.2, 0.25) is 0 Å². The van der Waals surface area contributed by atoms with E-state index in [1.807, 2.05) is 0 Å². The van der Waals surface area contributed by atoms with Gasteiger partial charge in [-0.25, -0.2) is 0 Å². The summed E-state index contributed by atoms with van der Waals surface area (Å²) in [7, 11) is 1.31. The van der Waals surface area contributed by atoms with E-state index in [9.17, 15) is 4.79 Å². The van der Waals surface area contributed by atoms with E-state index in [0.717, 1.165) is 6.08 Å². The molecule has 0 aliphatic rings. The van der Waals surface area contributed by atoms with Crippen LogP contribution in [0, 0.1) is 5.41 Å². The second-order valence-corrected chi connectivity index (χ2v) is 3.30. The van der Waals surface area contributed by atoms with Crippen molar-refractivity contribution in [3.8, 4) is 0 Å². The Morgan fingerprint density at radius 1 is 1.45 bits per heavy atom. The van der Waals surface area contributed by atoms with E-state index in [-0.39, 0.29) is 11.7 Å². The topological polar surface area (TPSA) is 46.5 Å². The van der Waals surface area contributed by atoms with Gasteiger partial charge in [0.15, 0.2) is 5.78 Å². The highest BCUT2D eigenvalue weighted by Gasteiger charge is 2.19. The Labute approximate surface area is 66.7 Å². The van der Waals surface area contributed by atoms with Crippen molar-refractivity contribution in [2.45, 2.75) is 20.8 Å². The van der Waals surface area contributed by atoms with E-state index in [2.05, 4.69) is 4.74 Å². The molecular weight excluding hydrogens is 144 g/mol. The van der Waals surface area contributed by atoms with Crippen LogP contribution in [0.25, 0.3) is 0 Å². The van der Waals surface area contributed by atoms with Crippen molar-refractivity contribution in [3.63, 3.8) is 0 Å². The minimum Gasteiger partial charge on any atom is -0.481 e. The number of methoxy groups -OCH3 is 1. The van der Waals surface area contributed by atoms with Gasteiger partial charge in [-0.15, -0.1) is 0 Å². The number of allylic oxidation sites excluding steroid dienone is 1. The number of ketones is 1. The summed E-state index contributed by atoms with van der Waals surface area (Å²) in [6.07, 6.45) is 1.08. The van der Waals surface area contributed by atoms with Crippen LogP contribution in [0.4, 0.5) is 0 Å². The van der Waals surface area contributed by atoms with Crippen molar-refractivity contribution in [1.82, 2.24) is 0 Å². The van der Waals surface area contributed by atoms with E-state index in [1.165, 1.54) is 7.11 Å². The number of aliphatic hydroxyl groups excluding tert-OH is 1. The van der Waals surface area contributed by atoms with Crippen molar-refractivity contribution in [3.05, 3.63) is 12.0 Å². The molecule has 0 aromatic carbocycles. The molecule has 0 bridgehead atoms. The molecule has 3 heteroatoms. The van der Waals surface area contributed by atoms with Gasteiger partial charge in [-0.2, -0.15) is 0 Å². The van der Waals surface area contributed by atoms with Gasteiger partial charge in [-0.3, -0.25) is 4.79 Å². The Kier molecular flexibility index (Phi) is 3.11. The van der Waals surface area contributed by atoms with Crippen molar-refractivity contribution < 1.29 is 14.6 Å². The van der Waals surface area contributed by atoms with Gasteiger partial charge in [0.05, 0.1) is 13.2 Å². The van der Waals surface area contributed by atoms with Gasteiger partial charge in [0.2, 0.25) is 0 Å². The fourth-order valence-corrected chi connectivity index (χ4v) is 0.388. The molecule has 0 saturated carbocycles. The zero-order valence-electron chi connectivity index (χ0n) is 7.34. The van der Waals surface area contributed by atoms with E-state index in [4.69, 9.17) is 5.11 Å². The van der Waals surface area contributed by atoms with E-state index >= 15 is 0 Å². The summed E-state index contributed by atoms with van der Waals surface area (Å²) in [5.74, 6) is -0.498. The number of ether oxygens (including phenoxy) is 1. The van der Waals surface area contributed by atoms with E-state index in [1.54, 1.807) is 20.8 Å². The minimum absolute atomic E-state index is 0.156.